The van der Waals surface area contributed by atoms with Crippen molar-refractivity contribution in [3.05, 3.63) is 75.2 Å². The maximum Gasteiger partial charge on any atom is 0.246 e. The highest BCUT2D eigenvalue weighted by atomic mass is 32.1. The van der Waals surface area contributed by atoms with Crippen molar-refractivity contribution in [1.82, 2.24) is 45.5 Å². The van der Waals surface area contributed by atoms with Crippen molar-refractivity contribution in [2.75, 3.05) is 43.4 Å². The molecule has 2 aliphatic heterocycles. The Morgan fingerprint density at radius 2 is 1.83 bits per heavy atom. The van der Waals surface area contributed by atoms with E-state index in [2.05, 4.69) is 48.6 Å². The standard InChI is InChI=1S/C52H64N12O6S2/c1-30-27-62(22-9-23-63(30)49-55-20-16-36(58-49)44-60-48(70-61-44)51(6)17-7-10-38-40(51)35(25-53)43(54)72-38)21-8-11-39(66)52(18-19-52)47(69)59-42(50(3,4)5)46(68)64-28-34(65)24-37(64)45(67)56-26-32-12-14-33(15-13-32)41-31(2)57-29-71-41/h12-16,20,29-30,34,37,42,65H,7-11,17-19,21-24,26-28,54H2,1-6H3,(H,56,67)(H,59,69)/t30-,34+,37-,42+,51-/m0/s1. The highest BCUT2D eigenvalue weighted by molar-refractivity contribution is 7.16. The molecule has 2 saturated heterocycles. The summed E-state index contributed by atoms with van der Waals surface area (Å²) in [5.74, 6) is -0.117. The van der Waals surface area contributed by atoms with Gasteiger partial charge in [-0.2, -0.15) is 10.2 Å². The van der Waals surface area contributed by atoms with Crippen molar-refractivity contribution >= 4 is 57.1 Å². The minimum atomic E-state index is -1.20. The van der Waals surface area contributed by atoms with Crippen molar-refractivity contribution in [3.8, 4) is 28.0 Å². The Hall–Kier alpha value is -6.14. The molecule has 5 aromatic rings. The Labute approximate surface area is 427 Å². The van der Waals surface area contributed by atoms with Crippen LogP contribution in [0.5, 0.6) is 0 Å². The molecular weight excluding hydrogens is 953 g/mol. The number of nitriles is 1. The summed E-state index contributed by atoms with van der Waals surface area (Å²) in [6, 6.07) is 10.0. The number of nitrogen functional groups attached to an aromatic ring is 1. The highest BCUT2D eigenvalue weighted by Gasteiger charge is 2.57. The van der Waals surface area contributed by atoms with Gasteiger partial charge in [0, 0.05) is 61.7 Å². The third kappa shape index (κ3) is 10.1. The molecule has 3 fully saturated rings. The van der Waals surface area contributed by atoms with Crippen LogP contribution in [-0.2, 0) is 37.6 Å². The van der Waals surface area contributed by atoms with E-state index in [4.69, 9.17) is 20.2 Å². The first-order valence-electron chi connectivity index (χ1n) is 25.0. The van der Waals surface area contributed by atoms with E-state index in [9.17, 15) is 29.5 Å². The van der Waals surface area contributed by atoms with Gasteiger partial charge in [0.2, 0.25) is 35.4 Å². The van der Waals surface area contributed by atoms with Crippen LogP contribution in [0.4, 0.5) is 10.9 Å². The topological polar surface area (TPSA) is 250 Å². The first-order chi connectivity index (χ1) is 34.4. The van der Waals surface area contributed by atoms with Crippen molar-refractivity contribution in [1.29, 1.82) is 5.26 Å². The monoisotopic (exact) mass is 1020 g/mol. The molecular formula is C52H64N12O6S2. The fraction of sp³-hybridized carbons (Fsp3) is 0.538. The molecule has 9 rings (SSSR count). The van der Waals surface area contributed by atoms with Crippen molar-refractivity contribution in [2.24, 2.45) is 10.8 Å². The number of rotatable bonds is 15. The van der Waals surface area contributed by atoms with Gasteiger partial charge < -0.3 is 40.7 Å². The number of Topliss-reactive ketones (excluding diaryl/α,β-unsaturated/α-hetero) is 1. The third-order valence-corrected chi connectivity index (χ3v) is 17.0. The van der Waals surface area contributed by atoms with Gasteiger partial charge in [-0.25, -0.2) is 15.0 Å². The lowest BCUT2D eigenvalue weighted by Crippen LogP contribution is -2.59. The van der Waals surface area contributed by atoms with Crippen LogP contribution in [-0.4, -0.2) is 120 Å². The molecule has 72 heavy (non-hydrogen) atoms. The minimum Gasteiger partial charge on any atom is -0.391 e. The maximum atomic E-state index is 14.4. The van der Waals surface area contributed by atoms with Gasteiger partial charge in [-0.3, -0.25) is 19.2 Å². The van der Waals surface area contributed by atoms with Gasteiger partial charge >= 0.3 is 0 Å². The number of hydrogen-bond acceptors (Lipinski definition) is 17. The van der Waals surface area contributed by atoms with Crippen LogP contribution in [0.3, 0.4) is 0 Å². The average Bonchev–Trinajstić information content (AvgIpc) is 3.59. The van der Waals surface area contributed by atoms with Crippen LogP contribution in [0, 0.1) is 29.1 Å². The van der Waals surface area contributed by atoms with E-state index < -0.39 is 46.2 Å². The van der Waals surface area contributed by atoms with Crippen LogP contribution in [0.1, 0.15) is 119 Å². The number of anilines is 2. The zero-order chi connectivity index (χ0) is 51.1. The summed E-state index contributed by atoms with van der Waals surface area (Å²) in [5.41, 5.74) is 10.2. The van der Waals surface area contributed by atoms with Gasteiger partial charge in [0.15, 0.2) is 0 Å². The number of nitrogens with zero attached hydrogens (tertiary/aromatic N) is 9. The quantitative estimate of drug-likeness (QED) is 0.0884. The second-order valence-corrected chi connectivity index (χ2v) is 23.2. The van der Waals surface area contributed by atoms with Crippen LogP contribution < -0.4 is 21.3 Å². The number of amides is 3. The molecule has 5 atom stereocenters. The number of β-amino-alcohol motifs (C(OH)–C–C–N with tert-alkyl or cyclic N) is 1. The molecule has 6 heterocycles. The zero-order valence-electron chi connectivity index (χ0n) is 41.9. The van der Waals surface area contributed by atoms with Gasteiger partial charge in [-0.1, -0.05) is 50.2 Å². The fourth-order valence-electron chi connectivity index (χ4n) is 10.7. The summed E-state index contributed by atoms with van der Waals surface area (Å²) in [6.07, 6.45) is 5.85. The second-order valence-electron chi connectivity index (χ2n) is 21.3. The predicted molar refractivity (Wildman–Crippen MR) is 274 cm³/mol. The lowest BCUT2D eigenvalue weighted by Gasteiger charge is -2.36. The smallest absolute Gasteiger partial charge is 0.246 e. The van der Waals surface area contributed by atoms with E-state index in [1.165, 1.54) is 16.2 Å². The van der Waals surface area contributed by atoms with Crippen molar-refractivity contribution in [3.63, 3.8) is 0 Å². The zero-order valence-corrected chi connectivity index (χ0v) is 43.5. The van der Waals surface area contributed by atoms with E-state index in [1.807, 2.05) is 64.4 Å². The summed E-state index contributed by atoms with van der Waals surface area (Å²) in [5, 5.41) is 31.4. The van der Waals surface area contributed by atoms with E-state index in [1.54, 1.807) is 23.6 Å². The molecule has 0 radical (unpaired) electrons. The van der Waals surface area contributed by atoms with E-state index >= 15 is 0 Å². The molecule has 20 heteroatoms. The maximum absolute atomic E-state index is 14.4. The van der Waals surface area contributed by atoms with Crippen LogP contribution in [0.25, 0.3) is 22.0 Å². The lowest BCUT2D eigenvalue weighted by atomic mass is 9.72. The Bertz CT molecular complexity index is 2880. The van der Waals surface area contributed by atoms with Crippen LogP contribution in [0.2, 0.25) is 0 Å². The van der Waals surface area contributed by atoms with Crippen molar-refractivity contribution in [2.45, 2.75) is 136 Å². The van der Waals surface area contributed by atoms with E-state index in [0.717, 1.165) is 70.9 Å². The number of carbonyl (C=O) groups is 4. The van der Waals surface area contributed by atoms with Gasteiger partial charge in [0.25, 0.3) is 0 Å². The summed E-state index contributed by atoms with van der Waals surface area (Å²) in [4.78, 5) is 82.8. The summed E-state index contributed by atoms with van der Waals surface area (Å²) in [7, 11) is 0. The number of thiazole rings is 1. The number of aliphatic hydroxyl groups is 1. The number of aliphatic hydroxyl groups excluding tert-OH is 1. The number of hydrogen-bond donors (Lipinski definition) is 4. The normalized spacial score (nSPS) is 22.4. The van der Waals surface area contributed by atoms with Gasteiger partial charge in [0.05, 0.1) is 33.2 Å². The predicted octanol–water partition coefficient (Wildman–Crippen LogP) is 5.96. The highest BCUT2D eigenvalue weighted by Crippen LogP contribution is 2.50. The third-order valence-electron chi connectivity index (χ3n) is 15.0. The number of nitrogens with two attached hydrogens (primary N) is 1. The molecule has 3 amide bonds. The molecule has 0 unspecified atom stereocenters. The summed E-state index contributed by atoms with van der Waals surface area (Å²) < 4.78 is 5.89. The molecule has 4 aliphatic rings. The Morgan fingerprint density at radius 3 is 2.54 bits per heavy atom. The average molecular weight is 1020 g/mol. The van der Waals surface area contributed by atoms with E-state index in [-0.39, 0.29) is 43.7 Å². The minimum absolute atomic E-state index is 0.0405. The Kier molecular flexibility index (Phi) is 14.4. The number of ketones is 1. The SMILES string of the molecule is Cc1ncsc1-c1ccc(CNC(=O)[C@@H]2C[C@@H](O)CN2C(=O)[C@@H](NC(=O)C2(C(=O)CCCN3CCCN(c4nccc(-c5noc([C@@]6(C)CCCc7sc(N)c(C#N)c76)n5)n4)[C@@H](C)C3)CC2)C(C)(C)C)cc1. The largest absolute Gasteiger partial charge is 0.391 e. The summed E-state index contributed by atoms with van der Waals surface area (Å²) in [6.45, 7) is 14.8. The fourth-order valence-corrected chi connectivity index (χ4v) is 12.7. The number of nitrogens with one attached hydrogen (secondary N) is 2. The number of fused-ring (bicyclic) bond motifs is 1. The van der Waals surface area contributed by atoms with E-state index in [0.29, 0.717) is 66.3 Å². The van der Waals surface area contributed by atoms with Gasteiger partial charge in [-0.15, -0.1) is 22.7 Å². The molecule has 1 saturated carbocycles. The van der Waals surface area contributed by atoms with Crippen molar-refractivity contribution < 1.29 is 28.8 Å². The first kappa shape index (κ1) is 50.8. The van der Waals surface area contributed by atoms with Crippen LogP contribution >= 0.6 is 22.7 Å². The number of likely N-dealkylation sites (tertiary alicyclic amines) is 1. The number of aromatic nitrogens is 5. The Balaban J connectivity index is 0.776. The van der Waals surface area contributed by atoms with Gasteiger partial charge in [-0.05, 0) is 101 Å². The second kappa shape index (κ2) is 20.4. The number of benzene rings is 1. The summed E-state index contributed by atoms with van der Waals surface area (Å²) >= 11 is 3.03. The number of aryl methyl sites for hydroxylation is 2. The number of thiophene rings is 1. The molecule has 5 N–H and O–H groups in total. The molecule has 4 aromatic heterocycles. The van der Waals surface area contributed by atoms with Gasteiger partial charge in [0.1, 0.15) is 40.0 Å². The molecule has 18 nitrogen and oxygen atoms in total. The molecule has 0 bridgehead atoms. The molecule has 0 spiro atoms. The molecule has 2 aliphatic carbocycles. The molecule has 1 aromatic carbocycles. The molecule has 380 valence electrons. The number of carbonyl (C=O) groups excluding carboxylic acids is 4. The first-order valence-corrected chi connectivity index (χ1v) is 26.7. The lowest BCUT2D eigenvalue weighted by molar-refractivity contribution is -0.146. The van der Waals surface area contributed by atoms with Crippen LogP contribution in [0.15, 0.2) is 46.6 Å². The Morgan fingerprint density at radius 1 is 1.06 bits per heavy atom.